The summed E-state index contributed by atoms with van der Waals surface area (Å²) in [5.41, 5.74) is 13.3. The number of benzene rings is 7. The fraction of sp³-hybridized carbons (Fsp3) is 0.0417. The lowest BCUT2D eigenvalue weighted by atomic mass is 9.93. The van der Waals surface area contributed by atoms with Gasteiger partial charge in [-0.1, -0.05) is 133 Å². The van der Waals surface area contributed by atoms with Gasteiger partial charge >= 0.3 is 0 Å². The Morgan fingerprint density at radius 3 is 1.73 bits per heavy atom. The summed E-state index contributed by atoms with van der Waals surface area (Å²) in [5, 5.41) is 2.86. The molecule has 2 aliphatic rings. The third kappa shape index (κ3) is 5.21. The molecule has 1 aromatic heterocycles. The Balaban J connectivity index is 1.16. The molecule has 2 heterocycles. The maximum atomic E-state index is 2.53. The van der Waals surface area contributed by atoms with Gasteiger partial charge in [-0.05, 0) is 94.0 Å². The van der Waals surface area contributed by atoms with E-state index in [4.69, 9.17) is 0 Å². The first-order chi connectivity index (χ1) is 25.3. The van der Waals surface area contributed by atoms with Crippen LogP contribution in [0.25, 0.3) is 60.9 Å². The zero-order chi connectivity index (χ0) is 33.7. The molecule has 0 bridgehead atoms. The number of para-hydroxylation sites is 2. The molecule has 0 amide bonds. The first-order valence-corrected chi connectivity index (χ1v) is 18.5. The van der Waals surface area contributed by atoms with Crippen molar-refractivity contribution in [2.24, 2.45) is 0 Å². The van der Waals surface area contributed by atoms with Gasteiger partial charge in [-0.15, -0.1) is 11.8 Å². The van der Waals surface area contributed by atoms with E-state index in [0.717, 1.165) is 5.69 Å². The Bertz CT molecular complexity index is 2560. The Morgan fingerprint density at radius 2 is 1.00 bits per heavy atom. The first-order valence-electron chi connectivity index (χ1n) is 17.6. The van der Waals surface area contributed by atoms with E-state index in [1.807, 2.05) is 11.8 Å². The van der Waals surface area contributed by atoms with E-state index in [1.165, 1.54) is 71.5 Å². The molecule has 1 aliphatic heterocycles. The summed E-state index contributed by atoms with van der Waals surface area (Å²) in [6.45, 7) is 0. The van der Waals surface area contributed by atoms with Crippen LogP contribution in [0.2, 0.25) is 0 Å². The van der Waals surface area contributed by atoms with Crippen LogP contribution in [0.15, 0.2) is 199 Å². The molecule has 0 radical (unpaired) electrons. The smallest absolute Gasteiger partial charge is 0.0683 e. The van der Waals surface area contributed by atoms with E-state index in [9.17, 15) is 0 Å². The maximum absolute atomic E-state index is 2.53. The summed E-state index contributed by atoms with van der Waals surface area (Å²) in [7, 11) is 0. The fourth-order valence-corrected chi connectivity index (χ4v) is 9.15. The van der Waals surface area contributed by atoms with Gasteiger partial charge in [0.1, 0.15) is 0 Å². The average Bonchev–Trinajstić information content (AvgIpc) is 3.53. The quantitative estimate of drug-likeness (QED) is 0.180. The average molecular weight is 671 g/mol. The molecule has 1 aliphatic carbocycles. The molecule has 51 heavy (non-hydrogen) atoms. The molecule has 2 unspecified atom stereocenters. The highest BCUT2D eigenvalue weighted by atomic mass is 32.2. The van der Waals surface area contributed by atoms with Crippen LogP contribution in [0.3, 0.4) is 0 Å². The number of rotatable bonds is 5. The molecular weight excluding hydrogens is 637 g/mol. The van der Waals surface area contributed by atoms with Crippen molar-refractivity contribution in [2.75, 3.05) is 4.90 Å². The third-order valence-electron chi connectivity index (χ3n) is 10.3. The van der Waals surface area contributed by atoms with Gasteiger partial charge in [0, 0.05) is 27.0 Å². The van der Waals surface area contributed by atoms with Crippen LogP contribution in [0.4, 0.5) is 11.4 Å². The van der Waals surface area contributed by atoms with E-state index < -0.39 is 0 Å². The Hall–Kier alpha value is -6.03. The minimum Gasteiger partial charge on any atom is -0.332 e. The Morgan fingerprint density at radius 1 is 0.412 bits per heavy atom. The van der Waals surface area contributed by atoms with Crippen molar-refractivity contribution >= 4 is 44.9 Å². The minimum absolute atomic E-state index is 0.254. The topological polar surface area (TPSA) is 8.17 Å². The minimum atomic E-state index is 0.254. The standard InChI is InChI=1S/C48H34N2S/c1-4-15-33(16-5-1)36-27-37(34-17-6-2-7-18-34)29-38(28-36)35-19-14-22-40(30-35)50-43-24-11-10-23-41(43)42-31-46-48(32-45(42)50)51-47-26-13-12-25-44(47)49(46)39-20-8-3-9-21-39/h1-32,44,47H. The van der Waals surface area contributed by atoms with Crippen molar-refractivity contribution in [1.29, 1.82) is 0 Å². The highest BCUT2D eigenvalue weighted by molar-refractivity contribution is 8.00. The predicted molar refractivity (Wildman–Crippen MR) is 217 cm³/mol. The molecule has 10 rings (SSSR count). The van der Waals surface area contributed by atoms with Gasteiger partial charge in [-0.3, -0.25) is 0 Å². The molecule has 2 atom stereocenters. The van der Waals surface area contributed by atoms with Crippen LogP contribution < -0.4 is 4.90 Å². The second kappa shape index (κ2) is 12.4. The van der Waals surface area contributed by atoms with Crippen molar-refractivity contribution in [2.45, 2.75) is 16.2 Å². The maximum Gasteiger partial charge on any atom is 0.0683 e. The molecule has 3 heteroatoms. The Kier molecular flexibility index (Phi) is 7.25. The van der Waals surface area contributed by atoms with E-state index >= 15 is 0 Å². The third-order valence-corrected chi connectivity index (χ3v) is 11.5. The van der Waals surface area contributed by atoms with E-state index in [2.05, 4.69) is 204 Å². The van der Waals surface area contributed by atoms with Crippen molar-refractivity contribution in [1.82, 2.24) is 4.57 Å². The lowest BCUT2D eigenvalue weighted by molar-refractivity contribution is 0.779. The SMILES string of the molecule is C1=CC2Sc3cc4c(cc3N(c3ccccc3)C2C=C1)c1ccccc1n4-c1cccc(-c2cc(-c3ccccc3)cc(-c3ccccc3)c2)c1. The second-order valence-electron chi connectivity index (χ2n) is 13.3. The molecule has 0 saturated carbocycles. The lowest BCUT2D eigenvalue weighted by Gasteiger charge is -2.42. The van der Waals surface area contributed by atoms with Gasteiger partial charge in [0.25, 0.3) is 0 Å². The Labute approximate surface area is 302 Å². The van der Waals surface area contributed by atoms with Crippen LogP contribution in [0.5, 0.6) is 0 Å². The number of hydrogen-bond acceptors (Lipinski definition) is 2. The van der Waals surface area contributed by atoms with Crippen LogP contribution in [0, 0.1) is 0 Å². The molecule has 0 saturated heterocycles. The zero-order valence-electron chi connectivity index (χ0n) is 27.9. The number of nitrogens with zero attached hydrogens (tertiary/aromatic N) is 2. The van der Waals surface area contributed by atoms with Gasteiger partial charge in [-0.2, -0.15) is 0 Å². The number of hydrogen-bond donors (Lipinski definition) is 0. The summed E-state index contributed by atoms with van der Waals surface area (Å²) in [6, 6.07) is 62.3. The largest absolute Gasteiger partial charge is 0.332 e. The van der Waals surface area contributed by atoms with Crippen LogP contribution in [0.1, 0.15) is 0 Å². The highest BCUT2D eigenvalue weighted by Crippen LogP contribution is 2.50. The molecule has 8 aromatic rings. The van der Waals surface area contributed by atoms with Crippen molar-refractivity contribution < 1.29 is 0 Å². The molecule has 0 N–H and O–H groups in total. The predicted octanol–water partition coefficient (Wildman–Crippen LogP) is 12.9. The molecule has 0 spiro atoms. The lowest BCUT2D eigenvalue weighted by Crippen LogP contribution is -2.41. The number of thioether (sulfide) groups is 1. The summed E-state index contributed by atoms with van der Waals surface area (Å²) >= 11 is 1.97. The fourth-order valence-electron chi connectivity index (χ4n) is 7.88. The summed E-state index contributed by atoms with van der Waals surface area (Å²) in [5.74, 6) is 0. The zero-order valence-corrected chi connectivity index (χ0v) is 28.7. The number of allylic oxidation sites excluding steroid dienone is 2. The van der Waals surface area contributed by atoms with E-state index in [-0.39, 0.29) is 6.04 Å². The summed E-state index contributed by atoms with van der Waals surface area (Å²) in [6.07, 6.45) is 9.09. The molecule has 0 fully saturated rings. The highest BCUT2D eigenvalue weighted by Gasteiger charge is 2.35. The van der Waals surface area contributed by atoms with E-state index in [1.54, 1.807) is 0 Å². The van der Waals surface area contributed by atoms with Crippen molar-refractivity contribution in [3.8, 4) is 39.1 Å². The van der Waals surface area contributed by atoms with Gasteiger partial charge in [-0.25, -0.2) is 0 Å². The number of anilines is 2. The van der Waals surface area contributed by atoms with Crippen LogP contribution in [-0.4, -0.2) is 15.9 Å². The first kappa shape index (κ1) is 29.8. The summed E-state index contributed by atoms with van der Waals surface area (Å²) < 4.78 is 2.46. The van der Waals surface area contributed by atoms with Crippen LogP contribution in [-0.2, 0) is 0 Å². The monoisotopic (exact) mass is 670 g/mol. The van der Waals surface area contributed by atoms with Crippen molar-refractivity contribution in [3.63, 3.8) is 0 Å². The van der Waals surface area contributed by atoms with Crippen LogP contribution >= 0.6 is 11.8 Å². The summed E-state index contributed by atoms with van der Waals surface area (Å²) in [4.78, 5) is 3.84. The molecule has 242 valence electrons. The number of fused-ring (bicyclic) bond motifs is 5. The normalized spacial score (nSPS) is 16.4. The second-order valence-corrected chi connectivity index (χ2v) is 14.5. The molecule has 7 aromatic carbocycles. The van der Waals surface area contributed by atoms with Gasteiger partial charge in [0.05, 0.1) is 28.0 Å². The van der Waals surface area contributed by atoms with Crippen molar-refractivity contribution in [3.05, 3.63) is 194 Å². The van der Waals surface area contributed by atoms with E-state index in [0.29, 0.717) is 5.25 Å². The molecule has 2 nitrogen and oxygen atoms in total. The molecular formula is C48H34N2S. The van der Waals surface area contributed by atoms with Gasteiger partial charge in [0.15, 0.2) is 0 Å². The number of aromatic nitrogens is 1. The van der Waals surface area contributed by atoms with Gasteiger partial charge in [0.2, 0.25) is 0 Å². The van der Waals surface area contributed by atoms with Gasteiger partial charge < -0.3 is 9.47 Å².